The molecule has 2 aromatic carbocycles. The average Bonchev–Trinajstić information content (AvgIpc) is 4.29. The number of fused-ring (bicyclic) bond motifs is 2. The Balaban J connectivity index is 0.000000177. The maximum atomic E-state index is 13.3. The van der Waals surface area contributed by atoms with E-state index in [0.717, 1.165) is 26.2 Å². The lowest BCUT2D eigenvalue weighted by Gasteiger charge is -2.39. The molecule has 1 aliphatic rings. The third kappa shape index (κ3) is 11.7. The number of hydrogen-bond acceptors (Lipinski definition) is 15. The van der Waals surface area contributed by atoms with Gasteiger partial charge in [-0.3, -0.25) is 28.3 Å². The second-order valence-electron chi connectivity index (χ2n) is 18.8. The molecule has 0 saturated carbocycles. The number of rotatable bonds is 18. The van der Waals surface area contributed by atoms with E-state index in [1.165, 1.54) is 67.2 Å². The third-order valence-electron chi connectivity index (χ3n) is 11.9. The largest absolute Gasteiger partial charge is 0.454 e. The highest BCUT2D eigenvalue weighted by atomic mass is 19.3. The zero-order valence-electron chi connectivity index (χ0n) is 42.3. The fourth-order valence-corrected chi connectivity index (χ4v) is 8.51. The van der Waals surface area contributed by atoms with E-state index < -0.39 is 25.0 Å². The number of hydrogen-bond donors (Lipinski definition) is 3. The Bertz CT molecular complexity index is 3760. The molecule has 0 atom stereocenters. The summed E-state index contributed by atoms with van der Waals surface area (Å²) in [4.78, 5) is 34.7. The molecule has 8 aromatic heterocycles. The van der Waals surface area contributed by atoms with Crippen LogP contribution in [0.1, 0.15) is 41.5 Å². The molecule has 1 aliphatic heterocycles. The van der Waals surface area contributed by atoms with Gasteiger partial charge in [0.1, 0.15) is 45.5 Å². The summed E-state index contributed by atoms with van der Waals surface area (Å²) in [5.74, 6) is 0.819. The first-order chi connectivity index (χ1) is 37.5. The monoisotopic (exact) mass is 1070 g/mol. The summed E-state index contributed by atoms with van der Waals surface area (Å²) >= 11 is 0. The van der Waals surface area contributed by atoms with Crippen molar-refractivity contribution >= 4 is 34.5 Å². The Morgan fingerprint density at radius 1 is 0.654 bits per heavy atom. The quantitative estimate of drug-likeness (QED) is 0.0686. The predicted molar refractivity (Wildman–Crippen MR) is 273 cm³/mol. The molecule has 0 spiro atoms. The standard InChI is InChI=1S/C26H25F2N9O3.C25H24F2N8O3/c1-26(13-29-14-26)15-36-11-17(9-31-36)39-16-4-5-21(40-25(27)28)18(8-16)22-20(12-35(2)34-22)33-24(38)19-10-32-37-7-3-6-30-23(19)37;1-15(2)12-34-13-17(10-29-34)37-16-5-6-21(38-25(26)27)18(9-16)22-20(14-33(3)32-22)31-24(36)19-11-30-35-8-4-7-28-23(19)35/h3-12,25,29H,13-15H2,1-2H3,(H,33,38);4-11,13-15,25H,12H2,1-3H3,(H,31,36). The van der Waals surface area contributed by atoms with Crippen molar-refractivity contribution in [2.45, 2.75) is 47.1 Å². The van der Waals surface area contributed by atoms with Crippen molar-refractivity contribution < 1.29 is 46.1 Å². The highest BCUT2D eigenvalue weighted by Gasteiger charge is 2.32. The predicted octanol–water partition coefficient (Wildman–Crippen LogP) is 8.21. The van der Waals surface area contributed by atoms with Gasteiger partial charge < -0.3 is 34.9 Å². The minimum absolute atomic E-state index is 0.129. The van der Waals surface area contributed by atoms with Crippen molar-refractivity contribution in [3.63, 3.8) is 0 Å². The van der Waals surface area contributed by atoms with Crippen molar-refractivity contribution in [1.82, 2.24) is 73.6 Å². The molecule has 9 heterocycles. The molecule has 1 saturated heterocycles. The molecule has 10 aromatic rings. The van der Waals surface area contributed by atoms with Gasteiger partial charge in [0.25, 0.3) is 11.8 Å². The van der Waals surface area contributed by atoms with Crippen LogP contribution in [0.5, 0.6) is 34.5 Å². The molecule has 3 N–H and O–H groups in total. The van der Waals surface area contributed by atoms with Crippen LogP contribution in [-0.4, -0.2) is 106 Å². The minimum Gasteiger partial charge on any atom is -0.454 e. The number of ether oxygens (including phenoxy) is 4. The lowest BCUT2D eigenvalue weighted by Crippen LogP contribution is -2.53. The molecule has 78 heavy (non-hydrogen) atoms. The first-order valence-electron chi connectivity index (χ1n) is 24.1. The van der Waals surface area contributed by atoms with E-state index in [4.69, 9.17) is 18.9 Å². The van der Waals surface area contributed by atoms with Crippen LogP contribution in [0.2, 0.25) is 0 Å². The fraction of sp³-hybridized carbons (Fsp3) is 0.255. The van der Waals surface area contributed by atoms with Gasteiger partial charge in [0.15, 0.2) is 22.8 Å². The SMILES string of the molecule is CC(C)Cn1cc(Oc2ccc(OC(F)F)c(-c3nn(C)cc3NC(=O)c3cnn4cccnc34)c2)cn1.Cn1cc(NC(=O)c2cnn3cccnc23)c(-c2cc(Oc3cnn(CC4(C)CNC4)c3)ccc2OC(F)F)n1. The zero-order chi connectivity index (χ0) is 54.7. The molecule has 23 nitrogen and oxygen atoms in total. The maximum absolute atomic E-state index is 13.3. The molecular weight excluding hydrogens is 1020 g/mol. The summed E-state index contributed by atoms with van der Waals surface area (Å²) in [6, 6.07) is 12.2. The van der Waals surface area contributed by atoms with Gasteiger partial charge in [0.2, 0.25) is 0 Å². The smallest absolute Gasteiger partial charge is 0.387 e. The van der Waals surface area contributed by atoms with Crippen molar-refractivity contribution in [2.75, 3.05) is 23.7 Å². The summed E-state index contributed by atoms with van der Waals surface area (Å²) in [7, 11) is 3.30. The van der Waals surface area contributed by atoms with Gasteiger partial charge in [-0.15, -0.1) is 0 Å². The number of nitrogens with one attached hydrogen (secondary N) is 3. The summed E-state index contributed by atoms with van der Waals surface area (Å²) in [5.41, 5.74) is 2.70. The minimum atomic E-state index is -3.07. The second kappa shape index (κ2) is 21.9. The van der Waals surface area contributed by atoms with Crippen LogP contribution < -0.4 is 34.9 Å². The lowest BCUT2D eigenvalue weighted by atomic mass is 9.84. The molecule has 402 valence electrons. The van der Waals surface area contributed by atoms with Gasteiger partial charge in [-0.05, 0) is 54.4 Å². The highest BCUT2D eigenvalue weighted by Crippen LogP contribution is 2.41. The van der Waals surface area contributed by atoms with Gasteiger partial charge >= 0.3 is 13.2 Å². The summed E-state index contributed by atoms with van der Waals surface area (Å²) < 4.78 is 84.0. The van der Waals surface area contributed by atoms with Crippen LogP contribution >= 0.6 is 0 Å². The number of amides is 2. The topological polar surface area (TPSA) is 239 Å². The van der Waals surface area contributed by atoms with Crippen LogP contribution in [0.4, 0.5) is 28.9 Å². The van der Waals surface area contributed by atoms with E-state index in [9.17, 15) is 27.2 Å². The van der Waals surface area contributed by atoms with Crippen LogP contribution in [0.25, 0.3) is 33.8 Å². The van der Waals surface area contributed by atoms with Gasteiger partial charge in [-0.2, -0.15) is 48.2 Å². The number of aryl methyl sites for hydroxylation is 2. The summed E-state index contributed by atoms with van der Waals surface area (Å²) in [5, 5.41) is 34.6. The van der Waals surface area contributed by atoms with E-state index >= 15 is 0 Å². The van der Waals surface area contributed by atoms with Crippen molar-refractivity contribution in [3.05, 3.63) is 134 Å². The zero-order valence-corrected chi connectivity index (χ0v) is 42.3. The molecule has 0 bridgehead atoms. The molecule has 27 heteroatoms. The van der Waals surface area contributed by atoms with E-state index in [0.29, 0.717) is 40.2 Å². The molecular formula is C51H49F4N17O6. The average molecular weight is 1070 g/mol. The second-order valence-corrected chi connectivity index (χ2v) is 18.8. The number of alkyl halides is 4. The van der Waals surface area contributed by atoms with E-state index in [-0.39, 0.29) is 61.9 Å². The molecule has 1 fully saturated rings. The van der Waals surface area contributed by atoms with Gasteiger partial charge in [0.05, 0.1) is 59.7 Å². The lowest BCUT2D eigenvalue weighted by molar-refractivity contribution is -0.0501. The van der Waals surface area contributed by atoms with Crippen molar-refractivity contribution in [3.8, 4) is 57.0 Å². The van der Waals surface area contributed by atoms with Gasteiger partial charge in [0, 0.05) is 82.9 Å². The number of halogens is 4. The molecule has 0 aliphatic carbocycles. The molecule has 11 rings (SSSR count). The summed E-state index contributed by atoms with van der Waals surface area (Å²) in [6.45, 7) is 3.46. The first kappa shape index (κ1) is 51.8. The number of nitrogens with zero attached hydrogens (tertiary/aromatic N) is 14. The Hall–Kier alpha value is -9.66. The normalized spacial score (nSPS) is 12.9. The Kier molecular flexibility index (Phi) is 14.5. The van der Waals surface area contributed by atoms with Crippen LogP contribution in [0.15, 0.2) is 123 Å². The first-order valence-corrected chi connectivity index (χ1v) is 24.1. The molecule has 0 radical (unpaired) electrons. The van der Waals surface area contributed by atoms with Crippen molar-refractivity contribution in [1.29, 1.82) is 0 Å². The third-order valence-corrected chi connectivity index (χ3v) is 11.9. The van der Waals surface area contributed by atoms with Crippen LogP contribution in [0, 0.1) is 11.3 Å². The Labute approximate surface area is 440 Å². The van der Waals surface area contributed by atoms with E-state index in [1.807, 2.05) is 4.68 Å². The van der Waals surface area contributed by atoms with Crippen molar-refractivity contribution in [2.24, 2.45) is 25.4 Å². The highest BCUT2D eigenvalue weighted by molar-refractivity contribution is 6.10. The molecule has 2 amide bonds. The number of anilines is 2. The Morgan fingerprint density at radius 3 is 1.58 bits per heavy atom. The Morgan fingerprint density at radius 2 is 1.13 bits per heavy atom. The van der Waals surface area contributed by atoms with E-state index in [2.05, 4.69) is 77.3 Å². The number of carbonyl (C=O) groups is 2. The van der Waals surface area contributed by atoms with Gasteiger partial charge in [-0.1, -0.05) is 20.8 Å². The fourth-order valence-electron chi connectivity index (χ4n) is 8.51. The van der Waals surface area contributed by atoms with E-state index in [1.54, 1.807) is 92.9 Å². The number of carbonyl (C=O) groups excluding carboxylic acids is 2. The molecule has 0 unspecified atom stereocenters. The summed E-state index contributed by atoms with van der Waals surface area (Å²) in [6.07, 6.45) is 19.0. The number of aromatic nitrogens is 14. The van der Waals surface area contributed by atoms with Crippen LogP contribution in [-0.2, 0) is 27.2 Å². The van der Waals surface area contributed by atoms with Gasteiger partial charge in [-0.25, -0.2) is 19.0 Å². The van der Waals surface area contributed by atoms with Crippen LogP contribution in [0.3, 0.4) is 0 Å². The number of benzene rings is 2. The maximum Gasteiger partial charge on any atom is 0.387 e.